The minimum atomic E-state index is -0.329. The number of halogens is 1. The molecule has 27 heavy (non-hydrogen) atoms. The fraction of sp³-hybridized carbons (Fsp3) is 0.333. The van der Waals surface area contributed by atoms with Gasteiger partial charge in [0.05, 0.1) is 17.7 Å². The number of piperazine rings is 1. The third-order valence-corrected chi connectivity index (χ3v) is 4.61. The smallest absolute Gasteiger partial charge is 0.258 e. The summed E-state index contributed by atoms with van der Waals surface area (Å²) < 4.78 is 5.09. The number of methoxy groups -OCH3 is 1. The molecule has 2 heterocycles. The average molecular weight is 390 g/mol. The largest absolute Gasteiger partial charge is 0.495 e. The van der Waals surface area contributed by atoms with Crippen molar-refractivity contribution in [3.8, 4) is 5.75 Å². The van der Waals surface area contributed by atoms with Crippen LogP contribution in [0.5, 0.6) is 5.75 Å². The molecule has 1 saturated heterocycles. The number of hydrogen-bond donors (Lipinski definition) is 1. The molecule has 1 aliphatic rings. The molecular weight excluding hydrogens is 370 g/mol. The number of aromatic nitrogens is 2. The molecule has 0 spiro atoms. The average Bonchev–Trinajstić information content (AvgIpc) is 2.68. The van der Waals surface area contributed by atoms with Crippen LogP contribution < -0.4 is 15.0 Å². The highest BCUT2D eigenvalue weighted by Crippen LogP contribution is 2.27. The van der Waals surface area contributed by atoms with E-state index in [4.69, 9.17) is 16.3 Å². The van der Waals surface area contributed by atoms with Crippen LogP contribution in [0.4, 0.5) is 11.6 Å². The zero-order valence-electron chi connectivity index (χ0n) is 15.1. The van der Waals surface area contributed by atoms with Crippen molar-refractivity contribution in [3.63, 3.8) is 0 Å². The van der Waals surface area contributed by atoms with Crippen LogP contribution in [0.15, 0.2) is 30.6 Å². The molecule has 8 nitrogen and oxygen atoms in total. The van der Waals surface area contributed by atoms with E-state index in [1.165, 1.54) is 19.5 Å². The van der Waals surface area contributed by atoms with Gasteiger partial charge in [-0.2, -0.15) is 0 Å². The van der Waals surface area contributed by atoms with Crippen LogP contribution in [-0.4, -0.2) is 60.0 Å². The topological polar surface area (TPSA) is 87.7 Å². The number of hydrogen-bond acceptors (Lipinski definition) is 6. The monoisotopic (exact) mass is 389 g/mol. The molecule has 1 N–H and O–H groups in total. The molecular formula is C18H20ClN5O3. The third-order valence-electron chi connectivity index (χ3n) is 4.32. The van der Waals surface area contributed by atoms with Crippen LogP contribution in [0.25, 0.3) is 0 Å². The molecule has 0 unspecified atom stereocenters. The fourth-order valence-electron chi connectivity index (χ4n) is 2.77. The van der Waals surface area contributed by atoms with Crippen molar-refractivity contribution in [2.45, 2.75) is 6.92 Å². The standard InChI is InChI=1S/C18H20ClN5O3/c1-12(25)23-5-7-24(8-6-23)18-20-10-13(11-21-18)17(26)22-14-3-4-16(27-2)15(19)9-14/h3-4,9-11H,5-8H2,1-2H3,(H,22,26). The molecule has 0 bridgehead atoms. The number of rotatable bonds is 4. The SMILES string of the molecule is COc1ccc(NC(=O)c2cnc(N3CCN(C(C)=O)CC3)nc2)cc1Cl. The van der Waals surface area contributed by atoms with Crippen LogP contribution in [0.1, 0.15) is 17.3 Å². The van der Waals surface area contributed by atoms with Gasteiger partial charge in [-0.25, -0.2) is 9.97 Å². The van der Waals surface area contributed by atoms with E-state index in [2.05, 4.69) is 15.3 Å². The summed E-state index contributed by atoms with van der Waals surface area (Å²) in [6.45, 7) is 4.17. The summed E-state index contributed by atoms with van der Waals surface area (Å²) in [4.78, 5) is 36.1. The van der Waals surface area contributed by atoms with Gasteiger partial charge in [-0.3, -0.25) is 9.59 Å². The Balaban J connectivity index is 1.62. The zero-order chi connectivity index (χ0) is 19.4. The Kier molecular flexibility index (Phi) is 5.75. The van der Waals surface area contributed by atoms with E-state index in [-0.39, 0.29) is 11.8 Å². The zero-order valence-corrected chi connectivity index (χ0v) is 15.9. The molecule has 0 atom stereocenters. The molecule has 1 aromatic carbocycles. The lowest BCUT2D eigenvalue weighted by Crippen LogP contribution is -2.48. The first-order chi connectivity index (χ1) is 13.0. The van der Waals surface area contributed by atoms with Crippen molar-refractivity contribution in [1.29, 1.82) is 0 Å². The minimum absolute atomic E-state index is 0.0706. The summed E-state index contributed by atoms with van der Waals surface area (Å²) in [7, 11) is 1.53. The van der Waals surface area contributed by atoms with Crippen LogP contribution in [0, 0.1) is 0 Å². The van der Waals surface area contributed by atoms with Gasteiger partial charge in [-0.1, -0.05) is 11.6 Å². The van der Waals surface area contributed by atoms with Gasteiger partial charge >= 0.3 is 0 Å². The molecule has 142 valence electrons. The van der Waals surface area contributed by atoms with Gasteiger partial charge in [-0.15, -0.1) is 0 Å². The predicted molar refractivity (Wildman–Crippen MR) is 102 cm³/mol. The quantitative estimate of drug-likeness (QED) is 0.861. The number of benzene rings is 1. The summed E-state index contributed by atoms with van der Waals surface area (Å²) in [6, 6.07) is 4.99. The summed E-state index contributed by atoms with van der Waals surface area (Å²) in [5.41, 5.74) is 0.892. The summed E-state index contributed by atoms with van der Waals surface area (Å²) in [5.74, 6) is 0.819. The lowest BCUT2D eigenvalue weighted by Gasteiger charge is -2.34. The van der Waals surface area contributed by atoms with E-state index < -0.39 is 0 Å². The van der Waals surface area contributed by atoms with Crippen molar-refractivity contribution >= 4 is 35.1 Å². The highest BCUT2D eigenvalue weighted by molar-refractivity contribution is 6.32. The fourth-order valence-corrected chi connectivity index (χ4v) is 3.03. The molecule has 1 aliphatic heterocycles. The minimum Gasteiger partial charge on any atom is -0.495 e. The van der Waals surface area contributed by atoms with Crippen molar-refractivity contribution in [3.05, 3.63) is 41.2 Å². The second kappa shape index (κ2) is 8.22. The maximum atomic E-state index is 12.4. The highest BCUT2D eigenvalue weighted by atomic mass is 35.5. The van der Waals surface area contributed by atoms with E-state index in [0.29, 0.717) is 54.2 Å². The van der Waals surface area contributed by atoms with E-state index in [9.17, 15) is 9.59 Å². The van der Waals surface area contributed by atoms with Gasteiger partial charge in [-0.05, 0) is 18.2 Å². The van der Waals surface area contributed by atoms with Gasteiger partial charge in [0.2, 0.25) is 11.9 Å². The van der Waals surface area contributed by atoms with E-state index >= 15 is 0 Å². The molecule has 2 amide bonds. The Morgan fingerprint density at radius 1 is 1.15 bits per heavy atom. The summed E-state index contributed by atoms with van der Waals surface area (Å²) >= 11 is 6.06. The Hall–Kier alpha value is -2.87. The van der Waals surface area contributed by atoms with Gasteiger partial charge in [0.1, 0.15) is 5.75 Å². The second-order valence-electron chi connectivity index (χ2n) is 6.07. The Morgan fingerprint density at radius 2 is 1.81 bits per heavy atom. The number of ether oxygens (including phenoxy) is 1. The predicted octanol–water partition coefficient (Wildman–Crippen LogP) is 2.06. The van der Waals surface area contributed by atoms with Gasteiger partial charge < -0.3 is 19.9 Å². The van der Waals surface area contributed by atoms with Crippen LogP contribution in [-0.2, 0) is 4.79 Å². The Morgan fingerprint density at radius 3 is 2.37 bits per heavy atom. The van der Waals surface area contributed by atoms with Gasteiger partial charge in [0, 0.05) is 51.2 Å². The molecule has 0 saturated carbocycles. The Bertz CT molecular complexity index is 835. The molecule has 9 heteroatoms. The first-order valence-corrected chi connectivity index (χ1v) is 8.83. The molecule has 3 rings (SSSR count). The third kappa shape index (κ3) is 4.46. The van der Waals surface area contributed by atoms with Gasteiger partial charge in [0.25, 0.3) is 5.91 Å². The second-order valence-corrected chi connectivity index (χ2v) is 6.48. The van der Waals surface area contributed by atoms with Gasteiger partial charge in [0.15, 0.2) is 0 Å². The van der Waals surface area contributed by atoms with Crippen molar-refractivity contribution < 1.29 is 14.3 Å². The number of anilines is 2. The van der Waals surface area contributed by atoms with E-state index in [0.717, 1.165) is 0 Å². The lowest BCUT2D eigenvalue weighted by molar-refractivity contribution is -0.129. The number of nitrogens with one attached hydrogen (secondary N) is 1. The molecule has 0 aliphatic carbocycles. The number of carbonyl (C=O) groups is 2. The maximum Gasteiger partial charge on any atom is 0.258 e. The van der Waals surface area contributed by atoms with Crippen molar-refractivity contribution in [2.75, 3.05) is 43.5 Å². The number of carbonyl (C=O) groups excluding carboxylic acids is 2. The lowest BCUT2D eigenvalue weighted by atomic mass is 10.2. The van der Waals surface area contributed by atoms with Crippen molar-refractivity contribution in [2.24, 2.45) is 0 Å². The van der Waals surface area contributed by atoms with Crippen LogP contribution in [0.3, 0.4) is 0 Å². The van der Waals surface area contributed by atoms with E-state index in [1.54, 1.807) is 30.0 Å². The highest BCUT2D eigenvalue weighted by Gasteiger charge is 2.20. The number of amides is 2. The molecule has 0 radical (unpaired) electrons. The molecule has 1 aromatic heterocycles. The summed E-state index contributed by atoms with van der Waals surface area (Å²) in [6.07, 6.45) is 2.97. The Labute approximate surface area is 162 Å². The first kappa shape index (κ1) is 18.9. The first-order valence-electron chi connectivity index (χ1n) is 8.45. The normalized spacial score (nSPS) is 14.0. The van der Waals surface area contributed by atoms with E-state index in [1.807, 2.05) is 4.90 Å². The molecule has 2 aromatic rings. The van der Waals surface area contributed by atoms with Crippen LogP contribution in [0.2, 0.25) is 5.02 Å². The maximum absolute atomic E-state index is 12.4. The summed E-state index contributed by atoms with van der Waals surface area (Å²) in [5, 5.41) is 3.16. The van der Waals surface area contributed by atoms with Crippen molar-refractivity contribution in [1.82, 2.24) is 14.9 Å². The van der Waals surface area contributed by atoms with Crippen LogP contribution >= 0.6 is 11.6 Å². The molecule has 1 fully saturated rings. The number of nitrogens with zero attached hydrogens (tertiary/aromatic N) is 4.